The van der Waals surface area contributed by atoms with Gasteiger partial charge in [0.15, 0.2) is 0 Å². The van der Waals surface area contributed by atoms with Gasteiger partial charge in [-0.2, -0.15) is 13.2 Å². The number of allylic oxidation sites excluding steroid dienone is 1. The Hall–Kier alpha value is -2.56. The SMILES string of the molecule is O=C(O[C@@H]1C=C[C@@H]2C[C@H]1c1ccccc12)c1ccc(C(F)(F)F)cc1. The number of alkyl halides is 3. The van der Waals surface area contributed by atoms with Crippen molar-refractivity contribution in [2.75, 3.05) is 0 Å². The molecule has 2 nitrogen and oxygen atoms in total. The van der Waals surface area contributed by atoms with Crippen LogP contribution in [0.5, 0.6) is 0 Å². The number of ether oxygens (including phenoxy) is 1. The molecule has 0 unspecified atom stereocenters. The maximum atomic E-state index is 12.6. The summed E-state index contributed by atoms with van der Waals surface area (Å²) in [6.45, 7) is 0. The van der Waals surface area contributed by atoms with Gasteiger partial charge in [0.1, 0.15) is 6.10 Å². The van der Waals surface area contributed by atoms with Crippen LogP contribution in [0.3, 0.4) is 0 Å². The van der Waals surface area contributed by atoms with Crippen molar-refractivity contribution in [3.05, 3.63) is 82.9 Å². The fraction of sp³-hybridized carbons (Fsp3) is 0.250. The van der Waals surface area contributed by atoms with E-state index in [1.165, 1.54) is 11.1 Å². The summed E-state index contributed by atoms with van der Waals surface area (Å²) in [4.78, 5) is 12.3. The number of hydrogen-bond donors (Lipinski definition) is 0. The monoisotopic (exact) mass is 344 g/mol. The molecule has 2 aromatic carbocycles. The first kappa shape index (κ1) is 15.9. The molecule has 0 heterocycles. The van der Waals surface area contributed by atoms with Gasteiger partial charge in [0.05, 0.1) is 11.1 Å². The zero-order chi connectivity index (χ0) is 17.6. The Kier molecular flexibility index (Phi) is 3.67. The fourth-order valence-electron chi connectivity index (χ4n) is 3.69. The Morgan fingerprint density at radius 3 is 2.32 bits per heavy atom. The summed E-state index contributed by atoms with van der Waals surface area (Å²) in [6, 6.07) is 12.2. The van der Waals surface area contributed by atoms with E-state index in [2.05, 4.69) is 6.07 Å². The van der Waals surface area contributed by atoms with Gasteiger partial charge in [-0.3, -0.25) is 0 Å². The first-order valence-corrected chi connectivity index (χ1v) is 8.09. The second kappa shape index (κ2) is 5.76. The highest BCUT2D eigenvalue weighted by Gasteiger charge is 2.38. The average Bonchev–Trinajstić information content (AvgIpc) is 2.90. The third-order valence-electron chi connectivity index (χ3n) is 4.92. The maximum Gasteiger partial charge on any atom is 0.416 e. The summed E-state index contributed by atoms with van der Waals surface area (Å²) in [5, 5.41) is 0. The molecule has 25 heavy (non-hydrogen) atoms. The molecule has 0 saturated carbocycles. The largest absolute Gasteiger partial charge is 0.454 e. The molecule has 2 aliphatic rings. The van der Waals surface area contributed by atoms with Crippen LogP contribution < -0.4 is 0 Å². The van der Waals surface area contributed by atoms with Crippen LogP contribution in [-0.2, 0) is 10.9 Å². The van der Waals surface area contributed by atoms with E-state index in [0.29, 0.717) is 5.92 Å². The zero-order valence-electron chi connectivity index (χ0n) is 13.2. The first-order chi connectivity index (χ1) is 11.9. The van der Waals surface area contributed by atoms with E-state index in [1.807, 2.05) is 30.4 Å². The highest BCUT2D eigenvalue weighted by Crippen LogP contribution is 2.48. The second-order valence-corrected chi connectivity index (χ2v) is 6.41. The van der Waals surface area contributed by atoms with Gasteiger partial charge in [-0.15, -0.1) is 0 Å². The van der Waals surface area contributed by atoms with Crippen molar-refractivity contribution < 1.29 is 22.7 Å². The number of hydrogen-bond acceptors (Lipinski definition) is 2. The van der Waals surface area contributed by atoms with Crippen molar-refractivity contribution in [1.82, 2.24) is 0 Å². The van der Waals surface area contributed by atoms with Gasteiger partial charge in [0.2, 0.25) is 0 Å². The van der Waals surface area contributed by atoms with Crippen molar-refractivity contribution in [1.29, 1.82) is 0 Å². The lowest BCUT2D eigenvalue weighted by molar-refractivity contribution is -0.137. The molecule has 0 radical (unpaired) electrons. The Morgan fingerprint density at radius 2 is 1.64 bits per heavy atom. The molecule has 0 amide bonds. The highest BCUT2D eigenvalue weighted by molar-refractivity contribution is 5.89. The van der Waals surface area contributed by atoms with Crippen LogP contribution in [0.1, 0.15) is 45.3 Å². The fourth-order valence-corrected chi connectivity index (χ4v) is 3.69. The normalized spacial score (nSPS) is 24.0. The maximum absolute atomic E-state index is 12.6. The smallest absolute Gasteiger partial charge is 0.416 e. The number of halogens is 3. The second-order valence-electron chi connectivity index (χ2n) is 6.41. The van der Waals surface area contributed by atoms with Gasteiger partial charge in [-0.05, 0) is 47.9 Å². The molecule has 128 valence electrons. The van der Waals surface area contributed by atoms with E-state index in [1.54, 1.807) is 0 Å². The molecule has 2 aromatic rings. The molecule has 0 fully saturated rings. The molecule has 0 aliphatic heterocycles. The molecule has 3 atom stereocenters. The van der Waals surface area contributed by atoms with Crippen LogP contribution in [0.25, 0.3) is 0 Å². The van der Waals surface area contributed by atoms with E-state index < -0.39 is 23.8 Å². The summed E-state index contributed by atoms with van der Waals surface area (Å²) >= 11 is 0. The number of carbonyl (C=O) groups is 1. The summed E-state index contributed by atoms with van der Waals surface area (Å²) in [5.41, 5.74) is 1.78. The van der Waals surface area contributed by atoms with Crippen molar-refractivity contribution in [3.8, 4) is 0 Å². The minimum Gasteiger partial charge on any atom is -0.454 e. The van der Waals surface area contributed by atoms with Crippen LogP contribution in [0, 0.1) is 0 Å². The van der Waals surface area contributed by atoms with Crippen LogP contribution in [0.2, 0.25) is 0 Å². The van der Waals surface area contributed by atoms with E-state index in [4.69, 9.17) is 4.74 Å². The van der Waals surface area contributed by atoms with Crippen LogP contribution in [0.15, 0.2) is 60.7 Å². The molecular formula is C20H15F3O2. The van der Waals surface area contributed by atoms with Crippen LogP contribution in [0.4, 0.5) is 13.2 Å². The molecule has 0 saturated heterocycles. The van der Waals surface area contributed by atoms with E-state index in [0.717, 1.165) is 30.7 Å². The molecule has 0 N–H and O–H groups in total. The summed E-state index contributed by atoms with van der Waals surface area (Å²) in [7, 11) is 0. The number of benzene rings is 2. The molecule has 5 heteroatoms. The van der Waals surface area contributed by atoms with E-state index >= 15 is 0 Å². The molecule has 2 aliphatic carbocycles. The van der Waals surface area contributed by atoms with Crippen molar-refractivity contribution in [3.63, 3.8) is 0 Å². The first-order valence-electron chi connectivity index (χ1n) is 8.09. The number of rotatable bonds is 2. The predicted molar refractivity (Wildman–Crippen MR) is 86.3 cm³/mol. The van der Waals surface area contributed by atoms with E-state index in [9.17, 15) is 18.0 Å². The minimum absolute atomic E-state index is 0.101. The quantitative estimate of drug-likeness (QED) is 0.561. The molecule has 0 spiro atoms. The van der Waals surface area contributed by atoms with Crippen molar-refractivity contribution in [2.45, 2.75) is 30.5 Å². The molecule has 4 rings (SSSR count). The standard InChI is InChI=1S/C20H15F3O2/c21-20(22,23)14-8-5-12(6-9-14)19(24)25-18-10-7-13-11-17(18)16-4-2-1-3-15(13)16/h1-10,13,17-18H,11H2/t13-,17+,18-/m1/s1. The number of esters is 1. The zero-order valence-corrected chi connectivity index (χ0v) is 13.2. The average molecular weight is 344 g/mol. The Balaban J connectivity index is 1.52. The highest BCUT2D eigenvalue weighted by atomic mass is 19.4. The molecule has 0 aromatic heterocycles. The van der Waals surface area contributed by atoms with Crippen molar-refractivity contribution >= 4 is 5.97 Å². The Morgan fingerprint density at radius 1 is 0.960 bits per heavy atom. The summed E-state index contributed by atoms with van der Waals surface area (Å²) < 4.78 is 43.4. The lowest BCUT2D eigenvalue weighted by atomic mass is 9.90. The van der Waals surface area contributed by atoms with Gasteiger partial charge in [-0.1, -0.05) is 30.3 Å². The van der Waals surface area contributed by atoms with Crippen LogP contribution in [-0.4, -0.2) is 12.1 Å². The minimum atomic E-state index is -4.42. The van der Waals surface area contributed by atoms with Crippen molar-refractivity contribution in [2.24, 2.45) is 0 Å². The van der Waals surface area contributed by atoms with Gasteiger partial charge in [0, 0.05) is 11.8 Å². The van der Waals surface area contributed by atoms with Gasteiger partial charge in [-0.25, -0.2) is 4.79 Å². The lowest BCUT2D eigenvalue weighted by Gasteiger charge is -2.24. The van der Waals surface area contributed by atoms with Gasteiger partial charge >= 0.3 is 12.1 Å². The van der Waals surface area contributed by atoms with Gasteiger partial charge in [0.25, 0.3) is 0 Å². The number of carbonyl (C=O) groups excluding carboxylic acids is 1. The number of fused-ring (bicyclic) bond motifs is 5. The van der Waals surface area contributed by atoms with Gasteiger partial charge < -0.3 is 4.74 Å². The Bertz CT molecular complexity index is 837. The third kappa shape index (κ3) is 2.84. The molecular weight excluding hydrogens is 329 g/mol. The third-order valence-corrected chi connectivity index (χ3v) is 4.92. The Labute approximate surface area is 142 Å². The summed E-state index contributed by atoms with van der Waals surface area (Å²) in [6.07, 6.45) is 0.0147. The van der Waals surface area contributed by atoms with Crippen LogP contribution >= 0.6 is 0 Å². The predicted octanol–water partition coefficient (Wildman–Crippen LogP) is 5.07. The van der Waals surface area contributed by atoms with E-state index in [-0.39, 0.29) is 11.5 Å². The molecule has 2 bridgehead atoms. The topological polar surface area (TPSA) is 26.3 Å². The lowest BCUT2D eigenvalue weighted by Crippen LogP contribution is -2.24. The summed E-state index contributed by atoms with van der Waals surface area (Å²) in [5.74, 6) is -0.155.